The molecule has 0 fully saturated rings. The minimum absolute atomic E-state index is 0.410. The third-order valence-electron chi connectivity index (χ3n) is 2.66. The molecule has 1 aromatic heterocycles. The highest BCUT2D eigenvalue weighted by Gasteiger charge is 2.16. The molecule has 2 N–H and O–H groups in total. The molecular formula is C13H14N4O. The van der Waals surface area contributed by atoms with Crippen LogP contribution in [0, 0.1) is 25.2 Å². The van der Waals surface area contributed by atoms with E-state index in [-0.39, 0.29) is 0 Å². The van der Waals surface area contributed by atoms with Crippen molar-refractivity contribution in [3.05, 3.63) is 35.0 Å². The maximum atomic E-state index is 9.10. The second-order valence-electron chi connectivity index (χ2n) is 4.14. The maximum absolute atomic E-state index is 9.10. The van der Waals surface area contributed by atoms with Crippen LogP contribution in [0.3, 0.4) is 0 Å². The lowest BCUT2D eigenvalue weighted by molar-refractivity contribution is 0.431. The first-order valence-electron chi connectivity index (χ1n) is 5.50. The normalized spacial score (nSPS) is 10.1. The molecule has 0 saturated heterocycles. The summed E-state index contributed by atoms with van der Waals surface area (Å²) in [6.07, 6.45) is 0. The van der Waals surface area contributed by atoms with E-state index in [0.717, 1.165) is 5.56 Å². The first-order chi connectivity index (χ1) is 8.52. The van der Waals surface area contributed by atoms with Crippen molar-refractivity contribution in [3.8, 4) is 17.7 Å². The Labute approximate surface area is 105 Å². The van der Waals surface area contributed by atoms with Crippen LogP contribution in [0.5, 0.6) is 11.6 Å². The van der Waals surface area contributed by atoms with Gasteiger partial charge in [-0.15, -0.1) is 0 Å². The molecule has 0 aliphatic carbocycles. The van der Waals surface area contributed by atoms with Crippen LogP contribution >= 0.6 is 0 Å². The van der Waals surface area contributed by atoms with Crippen molar-refractivity contribution in [2.45, 2.75) is 13.8 Å². The van der Waals surface area contributed by atoms with Gasteiger partial charge < -0.3 is 10.5 Å². The smallest absolute Gasteiger partial charge is 0.235 e. The second kappa shape index (κ2) is 4.41. The quantitative estimate of drug-likeness (QED) is 0.819. The summed E-state index contributed by atoms with van der Waals surface area (Å²) in [5.41, 5.74) is 8.49. The number of rotatable bonds is 2. The van der Waals surface area contributed by atoms with Crippen LogP contribution in [0.25, 0.3) is 0 Å². The number of benzene rings is 1. The summed E-state index contributed by atoms with van der Waals surface area (Å²) in [6, 6.07) is 7.60. The Hall–Kier alpha value is -2.48. The number of nitrogens with zero attached hydrogens (tertiary/aromatic N) is 3. The minimum Gasteiger partial charge on any atom is -0.436 e. The van der Waals surface area contributed by atoms with E-state index in [0.29, 0.717) is 28.6 Å². The van der Waals surface area contributed by atoms with Gasteiger partial charge in [0.2, 0.25) is 5.88 Å². The maximum Gasteiger partial charge on any atom is 0.235 e. The number of hydrogen-bond acceptors (Lipinski definition) is 4. The van der Waals surface area contributed by atoms with Crippen molar-refractivity contribution in [1.29, 1.82) is 5.26 Å². The Balaban J connectivity index is 2.46. The standard InChI is InChI=1S/C13H14N4O/c1-8-4-5-11(15)12(6-8)18-13-10(7-14)9(2)16-17(13)3/h4-6H,15H2,1-3H3. The summed E-state index contributed by atoms with van der Waals surface area (Å²) in [6.45, 7) is 3.72. The highest BCUT2D eigenvalue weighted by molar-refractivity contribution is 5.56. The Bertz CT molecular complexity index is 637. The Morgan fingerprint density at radius 3 is 2.78 bits per heavy atom. The lowest BCUT2D eigenvalue weighted by Gasteiger charge is -2.09. The van der Waals surface area contributed by atoms with Crippen molar-refractivity contribution in [2.75, 3.05) is 5.73 Å². The molecule has 2 aromatic rings. The molecule has 5 nitrogen and oxygen atoms in total. The summed E-state index contributed by atoms with van der Waals surface area (Å²) in [7, 11) is 1.73. The van der Waals surface area contributed by atoms with E-state index >= 15 is 0 Å². The molecular weight excluding hydrogens is 228 g/mol. The average Bonchev–Trinajstić information content (AvgIpc) is 2.58. The SMILES string of the molecule is Cc1ccc(N)c(Oc2c(C#N)c(C)nn2C)c1. The molecule has 5 heteroatoms. The fourth-order valence-electron chi connectivity index (χ4n) is 1.72. The molecule has 92 valence electrons. The fourth-order valence-corrected chi connectivity index (χ4v) is 1.72. The third kappa shape index (κ3) is 2.00. The molecule has 0 unspecified atom stereocenters. The molecule has 0 aliphatic rings. The molecule has 1 aromatic carbocycles. The highest BCUT2D eigenvalue weighted by atomic mass is 16.5. The van der Waals surface area contributed by atoms with Gasteiger partial charge in [-0.25, -0.2) is 4.68 Å². The van der Waals surface area contributed by atoms with Crippen LogP contribution in [-0.2, 0) is 7.05 Å². The van der Waals surface area contributed by atoms with Crippen LogP contribution < -0.4 is 10.5 Å². The van der Waals surface area contributed by atoms with Gasteiger partial charge in [-0.3, -0.25) is 0 Å². The van der Waals surface area contributed by atoms with E-state index in [2.05, 4.69) is 11.2 Å². The molecule has 1 heterocycles. The van der Waals surface area contributed by atoms with Gasteiger partial charge in [-0.05, 0) is 31.5 Å². The molecule has 0 bridgehead atoms. The van der Waals surface area contributed by atoms with Crippen LogP contribution in [0.1, 0.15) is 16.8 Å². The van der Waals surface area contributed by atoms with Gasteiger partial charge in [0.15, 0.2) is 5.75 Å². The van der Waals surface area contributed by atoms with Gasteiger partial charge in [0.05, 0.1) is 11.4 Å². The van der Waals surface area contributed by atoms with Gasteiger partial charge in [-0.2, -0.15) is 10.4 Å². The van der Waals surface area contributed by atoms with Crippen LogP contribution in [0.2, 0.25) is 0 Å². The zero-order chi connectivity index (χ0) is 13.3. The Morgan fingerprint density at radius 1 is 1.39 bits per heavy atom. The number of ether oxygens (including phenoxy) is 1. The average molecular weight is 242 g/mol. The van der Waals surface area contributed by atoms with Crippen molar-refractivity contribution >= 4 is 5.69 Å². The van der Waals surface area contributed by atoms with Crippen molar-refractivity contribution < 1.29 is 4.74 Å². The van der Waals surface area contributed by atoms with E-state index in [1.165, 1.54) is 4.68 Å². The number of nitriles is 1. The number of nitrogens with two attached hydrogens (primary N) is 1. The number of hydrogen-bond donors (Lipinski definition) is 1. The summed E-state index contributed by atoms with van der Waals surface area (Å²) >= 11 is 0. The predicted octanol–water partition coefficient (Wildman–Crippen LogP) is 2.28. The highest BCUT2D eigenvalue weighted by Crippen LogP contribution is 2.31. The van der Waals surface area contributed by atoms with E-state index in [1.807, 2.05) is 19.1 Å². The van der Waals surface area contributed by atoms with Gasteiger partial charge in [0, 0.05) is 7.05 Å². The first kappa shape index (κ1) is 12.0. The summed E-state index contributed by atoms with van der Waals surface area (Å²) in [5.74, 6) is 0.946. The summed E-state index contributed by atoms with van der Waals surface area (Å²) in [4.78, 5) is 0. The van der Waals surface area contributed by atoms with Crippen LogP contribution in [0.15, 0.2) is 18.2 Å². The first-order valence-corrected chi connectivity index (χ1v) is 5.50. The number of aromatic nitrogens is 2. The molecule has 0 aliphatic heterocycles. The molecule has 0 saturated carbocycles. The van der Waals surface area contributed by atoms with Crippen LogP contribution in [-0.4, -0.2) is 9.78 Å². The number of aryl methyl sites for hydroxylation is 3. The number of nitrogen functional groups attached to an aromatic ring is 1. The molecule has 0 radical (unpaired) electrons. The Morgan fingerprint density at radius 2 is 2.11 bits per heavy atom. The largest absolute Gasteiger partial charge is 0.436 e. The second-order valence-corrected chi connectivity index (χ2v) is 4.14. The van der Waals surface area contributed by atoms with E-state index in [9.17, 15) is 0 Å². The van der Waals surface area contributed by atoms with E-state index in [1.54, 1.807) is 20.0 Å². The van der Waals surface area contributed by atoms with E-state index in [4.69, 9.17) is 15.7 Å². The van der Waals surface area contributed by atoms with Crippen LogP contribution in [0.4, 0.5) is 5.69 Å². The number of anilines is 1. The van der Waals surface area contributed by atoms with Crippen molar-refractivity contribution in [2.24, 2.45) is 7.05 Å². The lowest BCUT2D eigenvalue weighted by atomic mass is 10.2. The topological polar surface area (TPSA) is 76.9 Å². The summed E-state index contributed by atoms with van der Waals surface area (Å²) < 4.78 is 7.25. The van der Waals surface area contributed by atoms with E-state index < -0.39 is 0 Å². The minimum atomic E-state index is 0.410. The molecule has 2 rings (SSSR count). The molecule has 0 amide bonds. The van der Waals surface area contributed by atoms with Gasteiger partial charge in [0.1, 0.15) is 11.6 Å². The molecule has 0 spiro atoms. The van der Waals surface area contributed by atoms with Gasteiger partial charge >= 0.3 is 0 Å². The Kier molecular flexibility index (Phi) is 2.94. The van der Waals surface area contributed by atoms with Crippen molar-refractivity contribution in [1.82, 2.24) is 9.78 Å². The molecule has 18 heavy (non-hydrogen) atoms. The van der Waals surface area contributed by atoms with Crippen molar-refractivity contribution in [3.63, 3.8) is 0 Å². The van der Waals surface area contributed by atoms with Gasteiger partial charge in [0.25, 0.3) is 0 Å². The monoisotopic (exact) mass is 242 g/mol. The zero-order valence-electron chi connectivity index (χ0n) is 10.6. The predicted molar refractivity (Wildman–Crippen MR) is 68.3 cm³/mol. The lowest BCUT2D eigenvalue weighted by Crippen LogP contribution is -1.99. The third-order valence-corrected chi connectivity index (χ3v) is 2.66. The summed E-state index contributed by atoms with van der Waals surface area (Å²) in [5, 5.41) is 13.3. The molecule has 0 atom stereocenters. The fraction of sp³-hybridized carbons (Fsp3) is 0.231. The zero-order valence-corrected chi connectivity index (χ0v) is 10.6. The van der Waals surface area contributed by atoms with Gasteiger partial charge in [-0.1, -0.05) is 6.07 Å².